The summed E-state index contributed by atoms with van der Waals surface area (Å²) >= 11 is 1.44. The monoisotopic (exact) mass is 199 g/mol. The summed E-state index contributed by atoms with van der Waals surface area (Å²) in [4.78, 5) is 16.0. The van der Waals surface area contributed by atoms with Gasteiger partial charge >= 0.3 is 0 Å². The number of hydrogen-bond donors (Lipinski definition) is 2. The highest BCUT2D eigenvalue weighted by molar-refractivity contribution is 7.15. The lowest BCUT2D eigenvalue weighted by Gasteiger charge is -1.92. The molecule has 13 heavy (non-hydrogen) atoms. The predicted octanol–water partition coefficient (Wildman–Crippen LogP) is 1.12. The maximum Gasteiger partial charge on any atom is 0.223 e. The van der Waals surface area contributed by atoms with Crippen LogP contribution in [0.4, 0.5) is 5.13 Å². The lowest BCUT2D eigenvalue weighted by molar-refractivity contribution is -0.114. The number of nitrogens with one attached hydrogen (secondary N) is 1. The third-order valence-electron chi connectivity index (χ3n) is 1.58. The van der Waals surface area contributed by atoms with Crippen molar-refractivity contribution in [1.82, 2.24) is 4.98 Å². The van der Waals surface area contributed by atoms with Gasteiger partial charge in [0.1, 0.15) is 0 Å². The van der Waals surface area contributed by atoms with Gasteiger partial charge in [0.05, 0.1) is 5.69 Å². The first-order chi connectivity index (χ1) is 6.17. The van der Waals surface area contributed by atoms with Gasteiger partial charge in [-0.1, -0.05) is 6.92 Å². The molecule has 0 aliphatic heterocycles. The first kappa shape index (κ1) is 10.1. The van der Waals surface area contributed by atoms with Gasteiger partial charge in [-0.2, -0.15) is 0 Å². The third kappa shape index (κ3) is 2.50. The molecule has 4 nitrogen and oxygen atoms in total. The summed E-state index contributed by atoms with van der Waals surface area (Å²) in [5, 5.41) is 3.29. The van der Waals surface area contributed by atoms with Crippen LogP contribution < -0.4 is 11.1 Å². The van der Waals surface area contributed by atoms with E-state index in [1.54, 1.807) is 0 Å². The van der Waals surface area contributed by atoms with Crippen molar-refractivity contribution in [3.05, 3.63) is 10.6 Å². The Kier molecular flexibility index (Phi) is 3.39. The number of nitrogens with zero attached hydrogens (tertiary/aromatic N) is 1. The van der Waals surface area contributed by atoms with E-state index in [4.69, 9.17) is 5.73 Å². The molecular weight excluding hydrogens is 186 g/mol. The van der Waals surface area contributed by atoms with Crippen molar-refractivity contribution in [2.75, 3.05) is 5.32 Å². The Morgan fingerprint density at radius 1 is 1.69 bits per heavy atom. The van der Waals surface area contributed by atoms with E-state index in [-0.39, 0.29) is 5.91 Å². The van der Waals surface area contributed by atoms with Crippen LogP contribution in [0.25, 0.3) is 0 Å². The van der Waals surface area contributed by atoms with E-state index < -0.39 is 0 Å². The minimum Gasteiger partial charge on any atom is -0.326 e. The van der Waals surface area contributed by atoms with Gasteiger partial charge in [-0.15, -0.1) is 11.3 Å². The molecule has 0 radical (unpaired) electrons. The SMILES string of the molecule is CCc1nc(NC(C)=O)sc1CN. The van der Waals surface area contributed by atoms with Crippen LogP contribution in [0.15, 0.2) is 0 Å². The Morgan fingerprint density at radius 2 is 2.38 bits per heavy atom. The van der Waals surface area contributed by atoms with Gasteiger partial charge in [-0.05, 0) is 6.42 Å². The van der Waals surface area contributed by atoms with E-state index >= 15 is 0 Å². The largest absolute Gasteiger partial charge is 0.326 e. The number of aromatic nitrogens is 1. The van der Waals surface area contributed by atoms with Crippen LogP contribution in [0, 0.1) is 0 Å². The van der Waals surface area contributed by atoms with E-state index in [2.05, 4.69) is 10.3 Å². The summed E-state index contributed by atoms with van der Waals surface area (Å²) in [6, 6.07) is 0. The van der Waals surface area contributed by atoms with E-state index in [0.29, 0.717) is 11.7 Å². The van der Waals surface area contributed by atoms with Crippen LogP contribution in [-0.2, 0) is 17.8 Å². The third-order valence-corrected chi connectivity index (χ3v) is 2.62. The molecule has 1 rings (SSSR count). The smallest absolute Gasteiger partial charge is 0.223 e. The molecule has 0 atom stereocenters. The highest BCUT2D eigenvalue weighted by Gasteiger charge is 2.08. The van der Waals surface area contributed by atoms with E-state index in [0.717, 1.165) is 17.0 Å². The van der Waals surface area contributed by atoms with Gasteiger partial charge in [-0.3, -0.25) is 4.79 Å². The topological polar surface area (TPSA) is 68.0 Å². The van der Waals surface area contributed by atoms with Crippen LogP contribution in [0.1, 0.15) is 24.4 Å². The molecule has 0 spiro atoms. The normalized spacial score (nSPS) is 10.1. The minimum atomic E-state index is -0.0972. The number of nitrogens with two attached hydrogens (primary N) is 1. The standard InChI is InChI=1S/C8H13N3OS/c1-3-6-7(4-9)13-8(11-6)10-5(2)12/h3-4,9H2,1-2H3,(H,10,11,12). The van der Waals surface area contributed by atoms with Gasteiger partial charge < -0.3 is 11.1 Å². The molecule has 0 aliphatic rings. The Bertz CT molecular complexity index is 287. The number of carbonyl (C=O) groups is 1. The number of hydrogen-bond acceptors (Lipinski definition) is 4. The Balaban J connectivity index is 2.86. The van der Waals surface area contributed by atoms with Crippen LogP contribution in [0.2, 0.25) is 0 Å². The molecule has 1 aromatic heterocycles. The average Bonchev–Trinajstić information content (AvgIpc) is 2.45. The van der Waals surface area contributed by atoms with Gasteiger partial charge in [0.2, 0.25) is 5.91 Å². The quantitative estimate of drug-likeness (QED) is 0.766. The van der Waals surface area contributed by atoms with Crippen LogP contribution >= 0.6 is 11.3 Å². The Hall–Kier alpha value is -0.940. The van der Waals surface area contributed by atoms with Gasteiger partial charge in [0.15, 0.2) is 5.13 Å². The highest BCUT2D eigenvalue weighted by atomic mass is 32.1. The summed E-state index contributed by atoms with van der Waals surface area (Å²) < 4.78 is 0. The molecule has 0 saturated carbocycles. The van der Waals surface area contributed by atoms with Gasteiger partial charge in [0.25, 0.3) is 0 Å². The number of rotatable bonds is 3. The summed E-state index contributed by atoms with van der Waals surface area (Å²) in [5.74, 6) is -0.0972. The van der Waals surface area contributed by atoms with Gasteiger partial charge in [0, 0.05) is 18.3 Å². The fourth-order valence-corrected chi connectivity index (χ4v) is 2.00. The van der Waals surface area contributed by atoms with Crippen molar-refractivity contribution in [1.29, 1.82) is 0 Å². The lowest BCUT2D eigenvalue weighted by Crippen LogP contribution is -2.05. The molecule has 0 fully saturated rings. The van der Waals surface area contributed by atoms with Crippen LogP contribution in [0.3, 0.4) is 0 Å². The zero-order valence-corrected chi connectivity index (χ0v) is 8.57. The molecule has 72 valence electrons. The number of aryl methyl sites for hydroxylation is 1. The summed E-state index contributed by atoms with van der Waals surface area (Å²) in [6.45, 7) is 3.97. The molecular formula is C8H13N3OS. The average molecular weight is 199 g/mol. The highest BCUT2D eigenvalue weighted by Crippen LogP contribution is 2.22. The van der Waals surface area contributed by atoms with Crippen molar-refractivity contribution in [2.24, 2.45) is 5.73 Å². The molecule has 1 amide bonds. The Labute approximate surface area is 81.2 Å². The summed E-state index contributed by atoms with van der Waals surface area (Å²) in [6.07, 6.45) is 0.850. The number of thiazole rings is 1. The second-order valence-electron chi connectivity index (χ2n) is 2.63. The first-order valence-corrected chi connectivity index (χ1v) is 4.95. The van der Waals surface area contributed by atoms with E-state index in [9.17, 15) is 4.79 Å². The zero-order valence-electron chi connectivity index (χ0n) is 7.76. The number of anilines is 1. The molecule has 0 aromatic carbocycles. The Morgan fingerprint density at radius 3 is 2.77 bits per heavy atom. The second-order valence-corrected chi connectivity index (χ2v) is 3.71. The molecule has 0 saturated heterocycles. The van der Waals surface area contributed by atoms with Crippen molar-refractivity contribution in [3.8, 4) is 0 Å². The van der Waals surface area contributed by atoms with Crippen LogP contribution in [0.5, 0.6) is 0 Å². The minimum absolute atomic E-state index is 0.0972. The van der Waals surface area contributed by atoms with Crippen molar-refractivity contribution in [3.63, 3.8) is 0 Å². The first-order valence-electron chi connectivity index (χ1n) is 4.13. The summed E-state index contributed by atoms with van der Waals surface area (Å²) in [7, 11) is 0. The number of amides is 1. The molecule has 0 aliphatic carbocycles. The molecule has 0 unspecified atom stereocenters. The summed E-state index contributed by atoms with van der Waals surface area (Å²) in [5.41, 5.74) is 6.51. The molecule has 5 heteroatoms. The van der Waals surface area contributed by atoms with E-state index in [1.165, 1.54) is 18.3 Å². The second kappa shape index (κ2) is 4.34. The fraction of sp³-hybridized carbons (Fsp3) is 0.500. The lowest BCUT2D eigenvalue weighted by atomic mass is 10.3. The maximum atomic E-state index is 10.7. The zero-order chi connectivity index (χ0) is 9.84. The molecule has 3 N–H and O–H groups in total. The predicted molar refractivity (Wildman–Crippen MR) is 53.7 cm³/mol. The van der Waals surface area contributed by atoms with E-state index in [1.807, 2.05) is 6.92 Å². The molecule has 1 heterocycles. The van der Waals surface area contributed by atoms with Gasteiger partial charge in [-0.25, -0.2) is 4.98 Å². The van der Waals surface area contributed by atoms with Crippen LogP contribution in [-0.4, -0.2) is 10.9 Å². The maximum absolute atomic E-state index is 10.7. The molecule has 1 aromatic rings. The number of carbonyl (C=O) groups excluding carboxylic acids is 1. The fourth-order valence-electron chi connectivity index (χ4n) is 1.02. The van der Waals surface area contributed by atoms with Crippen molar-refractivity contribution in [2.45, 2.75) is 26.8 Å². The van der Waals surface area contributed by atoms with Crippen molar-refractivity contribution < 1.29 is 4.79 Å². The molecule has 0 bridgehead atoms. The van der Waals surface area contributed by atoms with Crippen molar-refractivity contribution >= 4 is 22.4 Å².